The van der Waals surface area contributed by atoms with Crippen LogP contribution in [0.2, 0.25) is 0 Å². The lowest BCUT2D eigenvalue weighted by molar-refractivity contribution is 0.00713. The van der Waals surface area contributed by atoms with Gasteiger partial charge in [-0.2, -0.15) is 5.10 Å². The Morgan fingerprint density at radius 2 is 2.08 bits per heavy atom. The number of hydrogen-bond acceptors (Lipinski definition) is 3. The Morgan fingerprint density at radius 3 is 2.81 bits per heavy atom. The van der Waals surface area contributed by atoms with Crippen molar-refractivity contribution in [1.29, 1.82) is 0 Å². The lowest BCUT2D eigenvalue weighted by atomic mass is 9.85. The van der Waals surface area contributed by atoms with Gasteiger partial charge in [0.15, 0.2) is 0 Å². The van der Waals surface area contributed by atoms with Crippen LogP contribution in [0.3, 0.4) is 0 Å². The SMILES string of the molecule is CC(NC(=O)NCC1(O)CCCCC1)c1cnn(-c2ccccc2F)c1. The predicted octanol–water partition coefficient (Wildman–Crippen LogP) is 3.07. The molecule has 1 aliphatic carbocycles. The Labute approximate surface area is 152 Å². The lowest BCUT2D eigenvalue weighted by Gasteiger charge is -2.32. The topological polar surface area (TPSA) is 79.2 Å². The zero-order valence-corrected chi connectivity index (χ0v) is 14.9. The van der Waals surface area contributed by atoms with Gasteiger partial charge in [0.2, 0.25) is 0 Å². The number of halogens is 1. The second-order valence-corrected chi connectivity index (χ2v) is 7.00. The monoisotopic (exact) mass is 360 g/mol. The molecule has 6 nitrogen and oxygen atoms in total. The highest BCUT2D eigenvalue weighted by Crippen LogP contribution is 2.27. The Bertz CT molecular complexity index is 756. The number of aliphatic hydroxyl groups is 1. The van der Waals surface area contributed by atoms with Gasteiger partial charge in [-0.25, -0.2) is 13.9 Å². The number of nitrogens with zero attached hydrogens (tertiary/aromatic N) is 2. The Kier molecular flexibility index (Phi) is 5.56. The first-order chi connectivity index (χ1) is 12.5. The van der Waals surface area contributed by atoms with Gasteiger partial charge in [0.25, 0.3) is 0 Å². The van der Waals surface area contributed by atoms with E-state index in [1.807, 2.05) is 6.92 Å². The molecule has 1 unspecified atom stereocenters. The summed E-state index contributed by atoms with van der Waals surface area (Å²) in [4.78, 5) is 12.1. The quantitative estimate of drug-likeness (QED) is 0.767. The lowest BCUT2D eigenvalue weighted by Crippen LogP contribution is -2.47. The zero-order valence-electron chi connectivity index (χ0n) is 14.9. The maximum Gasteiger partial charge on any atom is 0.315 e. The van der Waals surface area contributed by atoms with E-state index < -0.39 is 5.60 Å². The summed E-state index contributed by atoms with van der Waals surface area (Å²) in [6.45, 7) is 2.08. The van der Waals surface area contributed by atoms with Crippen LogP contribution in [0.1, 0.15) is 50.6 Å². The summed E-state index contributed by atoms with van der Waals surface area (Å²) in [6, 6.07) is 5.75. The third kappa shape index (κ3) is 4.40. The molecule has 1 aromatic carbocycles. The Hall–Kier alpha value is -2.41. The molecule has 1 fully saturated rings. The van der Waals surface area contributed by atoms with Gasteiger partial charge in [0.1, 0.15) is 11.5 Å². The van der Waals surface area contributed by atoms with E-state index >= 15 is 0 Å². The molecule has 140 valence electrons. The van der Waals surface area contributed by atoms with Gasteiger partial charge in [-0.05, 0) is 31.9 Å². The van der Waals surface area contributed by atoms with E-state index in [1.54, 1.807) is 30.6 Å². The smallest absolute Gasteiger partial charge is 0.315 e. The van der Waals surface area contributed by atoms with E-state index in [0.29, 0.717) is 5.69 Å². The number of benzene rings is 1. The number of amides is 2. The highest BCUT2D eigenvalue weighted by atomic mass is 19.1. The van der Waals surface area contributed by atoms with E-state index in [9.17, 15) is 14.3 Å². The number of nitrogens with one attached hydrogen (secondary N) is 2. The maximum atomic E-state index is 13.8. The van der Waals surface area contributed by atoms with Gasteiger partial charge in [-0.1, -0.05) is 31.4 Å². The van der Waals surface area contributed by atoms with Gasteiger partial charge >= 0.3 is 6.03 Å². The molecule has 7 heteroatoms. The van der Waals surface area contributed by atoms with Crippen molar-refractivity contribution < 1.29 is 14.3 Å². The molecule has 26 heavy (non-hydrogen) atoms. The third-order valence-electron chi connectivity index (χ3n) is 4.91. The molecule has 2 aromatic rings. The van der Waals surface area contributed by atoms with Gasteiger partial charge in [-0.15, -0.1) is 0 Å². The van der Waals surface area contributed by atoms with Crippen LogP contribution in [-0.2, 0) is 0 Å². The van der Waals surface area contributed by atoms with Crippen molar-refractivity contribution in [2.24, 2.45) is 0 Å². The molecule has 0 bridgehead atoms. The summed E-state index contributed by atoms with van der Waals surface area (Å²) in [5, 5.41) is 20.2. The first-order valence-corrected chi connectivity index (χ1v) is 9.03. The van der Waals surface area contributed by atoms with Gasteiger partial charge in [0, 0.05) is 18.3 Å². The predicted molar refractivity (Wildman–Crippen MR) is 96.5 cm³/mol. The van der Waals surface area contributed by atoms with Crippen LogP contribution >= 0.6 is 0 Å². The number of rotatable bonds is 5. The number of carbonyl (C=O) groups excluding carboxylic acids is 1. The van der Waals surface area contributed by atoms with E-state index in [-0.39, 0.29) is 24.4 Å². The molecule has 0 spiro atoms. The van der Waals surface area contributed by atoms with Crippen LogP contribution in [-0.4, -0.2) is 33.1 Å². The molecule has 0 radical (unpaired) electrons. The number of urea groups is 1. The van der Waals surface area contributed by atoms with Gasteiger partial charge in [0.05, 0.1) is 17.8 Å². The van der Waals surface area contributed by atoms with Crippen molar-refractivity contribution in [2.45, 2.75) is 50.7 Å². The minimum absolute atomic E-state index is 0.250. The summed E-state index contributed by atoms with van der Waals surface area (Å²) >= 11 is 0. The van der Waals surface area contributed by atoms with Crippen molar-refractivity contribution >= 4 is 6.03 Å². The summed E-state index contributed by atoms with van der Waals surface area (Å²) in [5.41, 5.74) is 0.323. The molecule has 2 amide bonds. The first kappa shape index (κ1) is 18.4. The molecule has 1 atom stereocenters. The molecule has 1 aromatic heterocycles. The van der Waals surface area contributed by atoms with Crippen LogP contribution in [0.5, 0.6) is 0 Å². The second kappa shape index (κ2) is 7.86. The number of para-hydroxylation sites is 1. The number of carbonyl (C=O) groups is 1. The fourth-order valence-electron chi connectivity index (χ4n) is 3.29. The van der Waals surface area contributed by atoms with E-state index in [4.69, 9.17) is 0 Å². The molecule has 0 aliphatic heterocycles. The first-order valence-electron chi connectivity index (χ1n) is 9.03. The summed E-state index contributed by atoms with van der Waals surface area (Å²) in [5.74, 6) is -0.360. The molecule has 1 heterocycles. The van der Waals surface area contributed by atoms with Gasteiger partial charge < -0.3 is 15.7 Å². The minimum Gasteiger partial charge on any atom is -0.388 e. The average molecular weight is 360 g/mol. The van der Waals surface area contributed by atoms with Crippen molar-refractivity contribution in [3.05, 3.63) is 48.0 Å². The van der Waals surface area contributed by atoms with E-state index in [1.165, 1.54) is 10.7 Å². The van der Waals surface area contributed by atoms with Crippen molar-refractivity contribution in [1.82, 2.24) is 20.4 Å². The standard InChI is InChI=1S/C19H25FN4O2/c1-14(23-18(25)21-13-19(26)9-5-2-6-10-19)15-11-22-24(12-15)17-8-4-3-7-16(17)20/h3-4,7-8,11-12,14,26H,2,5-6,9-10,13H2,1H3,(H2,21,23,25). The van der Waals surface area contributed by atoms with Crippen molar-refractivity contribution in [3.63, 3.8) is 0 Å². The fourth-order valence-corrected chi connectivity index (χ4v) is 3.29. The van der Waals surface area contributed by atoms with E-state index in [2.05, 4.69) is 15.7 Å². The molecular weight excluding hydrogens is 335 g/mol. The normalized spacial score (nSPS) is 17.5. The van der Waals surface area contributed by atoms with Crippen LogP contribution in [0, 0.1) is 5.82 Å². The molecule has 1 aliphatic rings. The Morgan fingerprint density at radius 1 is 1.35 bits per heavy atom. The summed E-state index contributed by atoms with van der Waals surface area (Å²) in [7, 11) is 0. The van der Waals surface area contributed by atoms with Crippen LogP contribution in [0.4, 0.5) is 9.18 Å². The molecular formula is C19H25FN4O2. The summed E-state index contributed by atoms with van der Waals surface area (Å²) in [6.07, 6.45) is 7.86. The third-order valence-corrected chi connectivity index (χ3v) is 4.91. The average Bonchev–Trinajstić information content (AvgIpc) is 3.11. The highest BCUT2D eigenvalue weighted by molar-refractivity contribution is 5.74. The highest BCUT2D eigenvalue weighted by Gasteiger charge is 2.29. The molecule has 0 saturated heterocycles. The van der Waals surface area contributed by atoms with Crippen LogP contribution in [0.15, 0.2) is 36.7 Å². The largest absolute Gasteiger partial charge is 0.388 e. The molecule has 3 rings (SSSR count). The van der Waals surface area contributed by atoms with E-state index in [0.717, 1.165) is 37.7 Å². The van der Waals surface area contributed by atoms with Crippen LogP contribution < -0.4 is 10.6 Å². The zero-order chi connectivity index (χ0) is 18.6. The minimum atomic E-state index is -0.797. The maximum absolute atomic E-state index is 13.8. The summed E-state index contributed by atoms with van der Waals surface area (Å²) < 4.78 is 15.3. The van der Waals surface area contributed by atoms with Crippen LogP contribution in [0.25, 0.3) is 5.69 Å². The second-order valence-electron chi connectivity index (χ2n) is 7.00. The van der Waals surface area contributed by atoms with Gasteiger partial charge in [-0.3, -0.25) is 0 Å². The van der Waals surface area contributed by atoms with Crippen molar-refractivity contribution in [2.75, 3.05) is 6.54 Å². The number of aromatic nitrogens is 2. The number of hydrogen-bond donors (Lipinski definition) is 3. The Balaban J connectivity index is 1.55. The fraction of sp³-hybridized carbons (Fsp3) is 0.474. The molecule has 1 saturated carbocycles. The van der Waals surface area contributed by atoms with Crippen molar-refractivity contribution in [3.8, 4) is 5.69 Å². The molecule has 3 N–H and O–H groups in total.